The van der Waals surface area contributed by atoms with E-state index in [1.807, 2.05) is 4.90 Å². The van der Waals surface area contributed by atoms with Gasteiger partial charge in [0.15, 0.2) is 0 Å². The quantitative estimate of drug-likeness (QED) is 0.754. The summed E-state index contributed by atoms with van der Waals surface area (Å²) in [5.74, 6) is 0. The molecule has 0 amide bonds. The number of methoxy groups -OCH3 is 1. The van der Waals surface area contributed by atoms with Crippen molar-refractivity contribution in [3.63, 3.8) is 0 Å². The van der Waals surface area contributed by atoms with E-state index in [2.05, 4.69) is 0 Å². The molecule has 1 unspecified atom stereocenters. The van der Waals surface area contributed by atoms with Gasteiger partial charge in [-0.1, -0.05) is 6.08 Å². The molecule has 1 aliphatic heterocycles. The first-order chi connectivity index (χ1) is 7.93. The summed E-state index contributed by atoms with van der Waals surface area (Å²) in [6.45, 7) is 1.95. The topological polar surface area (TPSA) is 38.5 Å². The minimum atomic E-state index is -4.18. The summed E-state index contributed by atoms with van der Waals surface area (Å²) in [6.07, 6.45) is -2.14. The van der Waals surface area contributed by atoms with Crippen LogP contribution in [-0.2, 0) is 4.74 Å². The van der Waals surface area contributed by atoms with Gasteiger partial charge in [0.2, 0.25) is 0 Å². The summed E-state index contributed by atoms with van der Waals surface area (Å²) in [5, 5.41) is 0. The van der Waals surface area contributed by atoms with Gasteiger partial charge in [0, 0.05) is 45.0 Å². The summed E-state index contributed by atoms with van der Waals surface area (Å²) >= 11 is 0. The molecule has 6 heteroatoms. The monoisotopic (exact) mass is 252 g/mol. The maximum Gasteiger partial charge on any atom is 0.412 e. The van der Waals surface area contributed by atoms with E-state index in [1.165, 1.54) is 6.08 Å². The Balaban J connectivity index is 2.34. The number of alkyl halides is 3. The van der Waals surface area contributed by atoms with Crippen molar-refractivity contribution >= 4 is 0 Å². The first-order valence-electron chi connectivity index (χ1n) is 5.66. The highest BCUT2D eigenvalue weighted by Crippen LogP contribution is 2.30. The summed E-state index contributed by atoms with van der Waals surface area (Å²) in [4.78, 5) is 1.94. The molecule has 1 atom stereocenters. The Morgan fingerprint density at radius 1 is 1.53 bits per heavy atom. The van der Waals surface area contributed by atoms with Gasteiger partial charge in [0.25, 0.3) is 0 Å². The number of nitrogens with zero attached hydrogens (tertiary/aromatic N) is 1. The van der Waals surface area contributed by atoms with Crippen LogP contribution in [0.1, 0.15) is 12.8 Å². The average Bonchev–Trinajstić information content (AvgIpc) is 2.26. The van der Waals surface area contributed by atoms with E-state index >= 15 is 0 Å². The highest BCUT2D eigenvalue weighted by molar-refractivity contribution is 5.13. The third-order valence-electron chi connectivity index (χ3n) is 2.84. The predicted molar refractivity (Wildman–Crippen MR) is 59.7 cm³/mol. The lowest BCUT2D eigenvalue weighted by Gasteiger charge is -2.29. The summed E-state index contributed by atoms with van der Waals surface area (Å²) in [5.41, 5.74) is 5.43. The second kappa shape index (κ2) is 6.37. The molecule has 0 aromatic heterocycles. The van der Waals surface area contributed by atoms with E-state index in [9.17, 15) is 13.2 Å². The van der Waals surface area contributed by atoms with Gasteiger partial charge in [-0.05, 0) is 12.8 Å². The van der Waals surface area contributed by atoms with Gasteiger partial charge >= 0.3 is 6.18 Å². The average molecular weight is 252 g/mol. The summed E-state index contributed by atoms with van der Waals surface area (Å²) < 4.78 is 42.0. The van der Waals surface area contributed by atoms with E-state index in [4.69, 9.17) is 10.5 Å². The number of rotatable bonds is 5. The number of hydrogen-bond donors (Lipinski definition) is 1. The minimum absolute atomic E-state index is 0.0456. The third kappa shape index (κ3) is 5.06. The van der Waals surface area contributed by atoms with Crippen molar-refractivity contribution in [3.05, 3.63) is 11.6 Å². The molecular formula is C11H19F3N2O. The molecule has 0 aromatic carbocycles. The standard InChI is InChI=1S/C11H19F3N2O/c1-17-7-4-10(15)8-16-5-2-9(3-6-16)11(12,13)14/h2,10H,3-8,15H2,1H3. The molecule has 0 aliphatic carbocycles. The van der Waals surface area contributed by atoms with Crippen LogP contribution >= 0.6 is 0 Å². The molecule has 0 fully saturated rings. The van der Waals surface area contributed by atoms with Gasteiger partial charge in [0.1, 0.15) is 0 Å². The van der Waals surface area contributed by atoms with Gasteiger partial charge in [-0.25, -0.2) is 0 Å². The molecule has 100 valence electrons. The number of halogens is 3. The predicted octanol–water partition coefficient (Wildman–Crippen LogP) is 1.54. The van der Waals surface area contributed by atoms with Crippen LogP contribution in [-0.4, -0.2) is 50.5 Å². The molecular weight excluding hydrogens is 233 g/mol. The summed E-state index contributed by atoms with van der Waals surface area (Å²) in [6, 6.07) is -0.0456. The van der Waals surface area contributed by atoms with Crippen LogP contribution in [0.2, 0.25) is 0 Å². The Morgan fingerprint density at radius 3 is 2.71 bits per heavy atom. The Kier molecular flexibility index (Phi) is 5.42. The molecule has 0 radical (unpaired) electrons. The second-order valence-electron chi connectivity index (χ2n) is 4.28. The normalized spacial score (nSPS) is 20.2. The van der Waals surface area contributed by atoms with Crippen LogP contribution in [0.15, 0.2) is 11.6 Å². The molecule has 2 N–H and O–H groups in total. The van der Waals surface area contributed by atoms with Crippen LogP contribution < -0.4 is 5.73 Å². The van der Waals surface area contributed by atoms with Crippen molar-refractivity contribution in [2.45, 2.75) is 25.1 Å². The lowest BCUT2D eigenvalue weighted by molar-refractivity contribution is -0.0960. The molecule has 17 heavy (non-hydrogen) atoms. The van der Waals surface area contributed by atoms with Crippen molar-refractivity contribution in [1.29, 1.82) is 0 Å². The van der Waals surface area contributed by atoms with Crippen LogP contribution in [0.3, 0.4) is 0 Å². The zero-order valence-electron chi connectivity index (χ0n) is 9.96. The molecule has 0 spiro atoms. The molecule has 1 rings (SSSR count). The van der Waals surface area contributed by atoms with Gasteiger partial charge < -0.3 is 10.5 Å². The second-order valence-corrected chi connectivity index (χ2v) is 4.28. The highest BCUT2D eigenvalue weighted by Gasteiger charge is 2.34. The van der Waals surface area contributed by atoms with Gasteiger partial charge in [0.05, 0.1) is 0 Å². The van der Waals surface area contributed by atoms with E-state index in [0.29, 0.717) is 26.2 Å². The van der Waals surface area contributed by atoms with Crippen molar-refractivity contribution in [2.24, 2.45) is 5.73 Å². The van der Waals surface area contributed by atoms with Gasteiger partial charge in [-0.15, -0.1) is 0 Å². The Bertz CT molecular complexity index is 266. The number of nitrogens with two attached hydrogens (primary N) is 1. The Labute approximate surface area is 99.4 Å². The smallest absolute Gasteiger partial charge is 0.385 e. The largest absolute Gasteiger partial charge is 0.412 e. The molecule has 0 aromatic rings. The maximum absolute atomic E-state index is 12.4. The Hall–Kier alpha value is -0.590. The van der Waals surface area contributed by atoms with Crippen molar-refractivity contribution in [1.82, 2.24) is 4.90 Å². The zero-order valence-corrected chi connectivity index (χ0v) is 9.96. The van der Waals surface area contributed by atoms with E-state index in [0.717, 1.165) is 6.42 Å². The summed E-state index contributed by atoms with van der Waals surface area (Å²) in [7, 11) is 1.60. The lowest BCUT2D eigenvalue weighted by Crippen LogP contribution is -2.41. The maximum atomic E-state index is 12.4. The SMILES string of the molecule is COCCC(N)CN1CC=C(C(F)(F)F)CC1. The molecule has 1 heterocycles. The van der Waals surface area contributed by atoms with Gasteiger partial charge in [-0.3, -0.25) is 4.90 Å². The number of ether oxygens (including phenoxy) is 1. The molecule has 0 saturated carbocycles. The van der Waals surface area contributed by atoms with E-state index in [1.54, 1.807) is 7.11 Å². The van der Waals surface area contributed by atoms with E-state index < -0.39 is 11.7 Å². The highest BCUT2D eigenvalue weighted by atomic mass is 19.4. The van der Waals surface area contributed by atoms with Crippen LogP contribution in [0, 0.1) is 0 Å². The fraction of sp³-hybridized carbons (Fsp3) is 0.818. The fourth-order valence-electron chi connectivity index (χ4n) is 1.83. The molecule has 1 aliphatic rings. The minimum Gasteiger partial charge on any atom is -0.385 e. The third-order valence-corrected chi connectivity index (χ3v) is 2.84. The Morgan fingerprint density at radius 2 is 2.24 bits per heavy atom. The van der Waals surface area contributed by atoms with Crippen molar-refractivity contribution in [2.75, 3.05) is 33.4 Å². The van der Waals surface area contributed by atoms with E-state index in [-0.39, 0.29) is 12.5 Å². The zero-order chi connectivity index (χ0) is 12.9. The number of hydrogen-bond acceptors (Lipinski definition) is 3. The lowest BCUT2D eigenvalue weighted by atomic mass is 10.1. The molecule has 0 bridgehead atoms. The van der Waals surface area contributed by atoms with Crippen LogP contribution in [0.5, 0.6) is 0 Å². The fourth-order valence-corrected chi connectivity index (χ4v) is 1.83. The first kappa shape index (κ1) is 14.5. The van der Waals surface area contributed by atoms with Crippen LogP contribution in [0.25, 0.3) is 0 Å². The van der Waals surface area contributed by atoms with Crippen LogP contribution in [0.4, 0.5) is 13.2 Å². The molecule has 3 nitrogen and oxygen atoms in total. The van der Waals surface area contributed by atoms with Gasteiger partial charge in [-0.2, -0.15) is 13.2 Å². The van der Waals surface area contributed by atoms with Crippen molar-refractivity contribution < 1.29 is 17.9 Å². The molecule has 0 saturated heterocycles. The first-order valence-corrected chi connectivity index (χ1v) is 5.66. The van der Waals surface area contributed by atoms with Crippen molar-refractivity contribution in [3.8, 4) is 0 Å².